The number of benzene rings is 1. The molecular weight excluding hydrogens is 188 g/mol. The summed E-state index contributed by atoms with van der Waals surface area (Å²) in [6.07, 6.45) is 2.66. The molecule has 1 fully saturated rings. The van der Waals surface area contributed by atoms with Crippen LogP contribution < -0.4 is 4.74 Å². The zero-order chi connectivity index (χ0) is 10.8. The topological polar surface area (TPSA) is 21.8 Å². The van der Waals surface area contributed by atoms with Crippen molar-refractivity contribution in [1.82, 2.24) is 0 Å². The van der Waals surface area contributed by atoms with Gasteiger partial charge in [0.15, 0.2) is 0 Å². The van der Waals surface area contributed by atoms with Gasteiger partial charge in [0.1, 0.15) is 5.75 Å². The molecule has 0 bridgehead atoms. The molecule has 1 unspecified atom stereocenters. The molecule has 0 spiro atoms. The van der Waals surface area contributed by atoms with Gasteiger partial charge in [0.25, 0.3) is 0 Å². The zero-order valence-electron chi connectivity index (χ0n) is 9.67. The number of epoxide rings is 1. The van der Waals surface area contributed by atoms with Gasteiger partial charge in [0.05, 0.1) is 19.8 Å². The Morgan fingerprint density at radius 1 is 1.40 bits per heavy atom. The molecule has 0 radical (unpaired) electrons. The highest BCUT2D eigenvalue weighted by Gasteiger charge is 2.22. The van der Waals surface area contributed by atoms with Crippen molar-refractivity contribution in [1.29, 1.82) is 0 Å². The molecular formula is C13H18O2. The third kappa shape index (κ3) is 2.51. The van der Waals surface area contributed by atoms with Gasteiger partial charge >= 0.3 is 0 Å². The first kappa shape index (κ1) is 10.5. The molecule has 1 aromatic rings. The molecule has 1 aliphatic heterocycles. The molecule has 2 nitrogen and oxygen atoms in total. The number of methoxy groups -OCH3 is 1. The fourth-order valence-corrected chi connectivity index (χ4v) is 2.07. The van der Waals surface area contributed by atoms with Gasteiger partial charge in [-0.15, -0.1) is 0 Å². The van der Waals surface area contributed by atoms with Gasteiger partial charge in [-0.25, -0.2) is 0 Å². The Hall–Kier alpha value is -1.02. The van der Waals surface area contributed by atoms with Crippen molar-refractivity contribution in [3.8, 4) is 5.75 Å². The van der Waals surface area contributed by atoms with Crippen molar-refractivity contribution in [3.05, 3.63) is 28.8 Å². The summed E-state index contributed by atoms with van der Waals surface area (Å²) >= 11 is 0. The van der Waals surface area contributed by atoms with Crippen LogP contribution in [0.1, 0.15) is 23.1 Å². The van der Waals surface area contributed by atoms with E-state index in [4.69, 9.17) is 9.47 Å². The van der Waals surface area contributed by atoms with Crippen LogP contribution in [-0.2, 0) is 11.2 Å². The lowest BCUT2D eigenvalue weighted by molar-refractivity contribution is 0.388. The van der Waals surface area contributed by atoms with Crippen molar-refractivity contribution in [2.45, 2.75) is 32.8 Å². The van der Waals surface area contributed by atoms with Crippen LogP contribution >= 0.6 is 0 Å². The molecule has 0 aromatic heterocycles. The molecule has 1 atom stereocenters. The molecule has 2 rings (SSSR count). The van der Waals surface area contributed by atoms with E-state index in [1.165, 1.54) is 16.7 Å². The standard InChI is InChI=1S/C13H18O2/c1-9-6-10(2)13(14-3)11(7-9)4-5-12-8-15-12/h6-7,12H,4-5,8H2,1-3H3. The van der Waals surface area contributed by atoms with Crippen molar-refractivity contribution < 1.29 is 9.47 Å². The summed E-state index contributed by atoms with van der Waals surface area (Å²) in [5.74, 6) is 1.04. The Morgan fingerprint density at radius 3 is 2.73 bits per heavy atom. The minimum Gasteiger partial charge on any atom is -0.496 e. The largest absolute Gasteiger partial charge is 0.496 e. The van der Waals surface area contributed by atoms with Crippen molar-refractivity contribution in [2.24, 2.45) is 0 Å². The first-order valence-corrected chi connectivity index (χ1v) is 5.46. The second kappa shape index (κ2) is 4.23. The number of ether oxygens (including phenoxy) is 2. The predicted octanol–water partition coefficient (Wildman–Crippen LogP) is 2.64. The number of aryl methyl sites for hydroxylation is 3. The summed E-state index contributed by atoms with van der Waals surface area (Å²) in [6, 6.07) is 4.38. The normalized spacial score (nSPS) is 19.0. The second-order valence-corrected chi connectivity index (χ2v) is 4.27. The van der Waals surface area contributed by atoms with Crippen LogP contribution in [0, 0.1) is 13.8 Å². The van der Waals surface area contributed by atoms with E-state index in [2.05, 4.69) is 26.0 Å². The molecule has 0 amide bonds. The van der Waals surface area contributed by atoms with Gasteiger partial charge in [0, 0.05) is 0 Å². The molecule has 1 aliphatic rings. The summed E-state index contributed by atoms with van der Waals surface area (Å²) in [6.45, 7) is 5.17. The van der Waals surface area contributed by atoms with Gasteiger partial charge in [-0.05, 0) is 37.8 Å². The fraction of sp³-hybridized carbons (Fsp3) is 0.538. The Kier molecular flexibility index (Phi) is 2.96. The first-order chi connectivity index (χ1) is 7.20. The molecule has 1 heterocycles. The third-order valence-corrected chi connectivity index (χ3v) is 2.84. The maximum absolute atomic E-state index is 5.44. The minimum atomic E-state index is 0.496. The SMILES string of the molecule is COc1c(C)cc(C)cc1CCC1CO1. The average molecular weight is 206 g/mol. The molecule has 82 valence electrons. The van der Waals surface area contributed by atoms with E-state index in [0.717, 1.165) is 25.2 Å². The molecule has 0 aliphatic carbocycles. The van der Waals surface area contributed by atoms with Crippen molar-refractivity contribution >= 4 is 0 Å². The van der Waals surface area contributed by atoms with Gasteiger partial charge in [-0.3, -0.25) is 0 Å². The molecule has 2 heteroatoms. The van der Waals surface area contributed by atoms with E-state index < -0.39 is 0 Å². The highest BCUT2D eigenvalue weighted by molar-refractivity contribution is 5.43. The zero-order valence-corrected chi connectivity index (χ0v) is 9.67. The Bertz CT molecular complexity index is 354. The van der Waals surface area contributed by atoms with Gasteiger partial charge in [-0.1, -0.05) is 17.7 Å². The van der Waals surface area contributed by atoms with E-state index >= 15 is 0 Å². The monoisotopic (exact) mass is 206 g/mol. The van der Waals surface area contributed by atoms with Gasteiger partial charge < -0.3 is 9.47 Å². The average Bonchev–Trinajstić information content (AvgIpc) is 2.97. The van der Waals surface area contributed by atoms with Gasteiger partial charge in [-0.2, -0.15) is 0 Å². The Morgan fingerprint density at radius 2 is 2.13 bits per heavy atom. The molecule has 15 heavy (non-hydrogen) atoms. The van der Waals surface area contributed by atoms with E-state index in [9.17, 15) is 0 Å². The highest BCUT2D eigenvalue weighted by atomic mass is 16.6. The maximum atomic E-state index is 5.44. The highest BCUT2D eigenvalue weighted by Crippen LogP contribution is 2.28. The first-order valence-electron chi connectivity index (χ1n) is 5.46. The molecule has 0 N–H and O–H groups in total. The summed E-state index contributed by atoms with van der Waals surface area (Å²) in [5, 5.41) is 0. The lowest BCUT2D eigenvalue weighted by atomic mass is 10.0. The van der Waals surface area contributed by atoms with E-state index in [-0.39, 0.29) is 0 Å². The van der Waals surface area contributed by atoms with Crippen LogP contribution in [0.25, 0.3) is 0 Å². The van der Waals surface area contributed by atoms with Gasteiger partial charge in [0.2, 0.25) is 0 Å². The summed E-state index contributed by atoms with van der Waals surface area (Å²) in [7, 11) is 1.74. The molecule has 0 saturated carbocycles. The maximum Gasteiger partial charge on any atom is 0.124 e. The quantitative estimate of drug-likeness (QED) is 0.706. The van der Waals surface area contributed by atoms with Crippen LogP contribution in [0.5, 0.6) is 5.75 Å². The number of hydrogen-bond donors (Lipinski definition) is 0. The lowest BCUT2D eigenvalue weighted by Crippen LogP contribution is -1.98. The summed E-state index contributed by atoms with van der Waals surface area (Å²) < 4.78 is 10.7. The summed E-state index contributed by atoms with van der Waals surface area (Å²) in [5.41, 5.74) is 3.84. The van der Waals surface area contributed by atoms with Crippen LogP contribution in [0.4, 0.5) is 0 Å². The summed E-state index contributed by atoms with van der Waals surface area (Å²) in [4.78, 5) is 0. The van der Waals surface area contributed by atoms with E-state index in [0.29, 0.717) is 6.10 Å². The van der Waals surface area contributed by atoms with Crippen LogP contribution in [0.15, 0.2) is 12.1 Å². The van der Waals surface area contributed by atoms with Crippen LogP contribution in [0.2, 0.25) is 0 Å². The van der Waals surface area contributed by atoms with Crippen molar-refractivity contribution in [3.63, 3.8) is 0 Å². The van der Waals surface area contributed by atoms with Crippen LogP contribution in [0.3, 0.4) is 0 Å². The number of hydrogen-bond acceptors (Lipinski definition) is 2. The van der Waals surface area contributed by atoms with E-state index in [1.54, 1.807) is 7.11 Å². The van der Waals surface area contributed by atoms with Crippen molar-refractivity contribution in [2.75, 3.05) is 13.7 Å². The smallest absolute Gasteiger partial charge is 0.124 e. The predicted molar refractivity (Wildman–Crippen MR) is 60.5 cm³/mol. The number of rotatable bonds is 4. The third-order valence-electron chi connectivity index (χ3n) is 2.84. The second-order valence-electron chi connectivity index (χ2n) is 4.27. The molecule has 1 aromatic carbocycles. The minimum absolute atomic E-state index is 0.496. The molecule has 1 saturated heterocycles. The Labute approximate surface area is 91.2 Å². The lowest BCUT2D eigenvalue weighted by Gasteiger charge is -2.12. The Balaban J connectivity index is 2.17. The van der Waals surface area contributed by atoms with Crippen LogP contribution in [-0.4, -0.2) is 19.8 Å². The van der Waals surface area contributed by atoms with E-state index in [1.807, 2.05) is 0 Å². The fourth-order valence-electron chi connectivity index (χ4n) is 2.07.